The maximum absolute atomic E-state index is 12.9. The SMILES string of the molecule is CC1(C)C2CCC1(C)C(NC(=O)c1cccc(NC(=O)C3CCCO3)c1)C2. The van der Waals surface area contributed by atoms with Gasteiger partial charge >= 0.3 is 0 Å². The van der Waals surface area contributed by atoms with Crippen molar-refractivity contribution in [1.82, 2.24) is 5.32 Å². The normalized spacial score (nSPS) is 33.8. The Bertz CT molecular complexity index is 754. The lowest BCUT2D eigenvalue weighted by molar-refractivity contribution is -0.124. The third-order valence-electron chi connectivity index (χ3n) is 7.71. The van der Waals surface area contributed by atoms with E-state index in [1.165, 1.54) is 12.8 Å². The van der Waals surface area contributed by atoms with Crippen LogP contribution in [-0.2, 0) is 9.53 Å². The van der Waals surface area contributed by atoms with Gasteiger partial charge in [0.05, 0.1) is 0 Å². The zero-order chi connectivity index (χ0) is 19.2. The highest BCUT2D eigenvalue weighted by Crippen LogP contribution is 2.65. The molecule has 1 heterocycles. The Kier molecular flexibility index (Phi) is 4.53. The van der Waals surface area contributed by atoms with Gasteiger partial charge in [-0.15, -0.1) is 0 Å². The lowest BCUT2D eigenvalue weighted by Crippen LogP contribution is -2.46. The summed E-state index contributed by atoms with van der Waals surface area (Å²) < 4.78 is 5.42. The summed E-state index contributed by atoms with van der Waals surface area (Å²) in [6, 6.07) is 7.39. The molecule has 5 heteroatoms. The fourth-order valence-electron chi connectivity index (χ4n) is 5.41. The molecule has 4 unspecified atom stereocenters. The van der Waals surface area contributed by atoms with Gasteiger partial charge in [0, 0.05) is 23.9 Å². The molecule has 2 bridgehead atoms. The summed E-state index contributed by atoms with van der Waals surface area (Å²) in [6.07, 6.45) is 4.79. The zero-order valence-corrected chi connectivity index (χ0v) is 16.5. The van der Waals surface area contributed by atoms with Crippen LogP contribution in [-0.4, -0.2) is 30.6 Å². The predicted octanol–water partition coefficient (Wildman–Crippen LogP) is 3.75. The van der Waals surface area contributed by atoms with Crippen LogP contribution in [0.25, 0.3) is 0 Å². The molecular weight excluding hydrogens is 340 g/mol. The van der Waals surface area contributed by atoms with Crippen LogP contribution in [0, 0.1) is 16.7 Å². The van der Waals surface area contributed by atoms with E-state index in [4.69, 9.17) is 4.74 Å². The molecule has 3 aliphatic rings. The average molecular weight is 370 g/mol. The molecule has 2 amide bonds. The fraction of sp³-hybridized carbons (Fsp3) is 0.636. The van der Waals surface area contributed by atoms with Gasteiger partial charge in [0.1, 0.15) is 6.10 Å². The topological polar surface area (TPSA) is 67.4 Å². The molecule has 2 N–H and O–H groups in total. The van der Waals surface area contributed by atoms with Gasteiger partial charge in [-0.3, -0.25) is 9.59 Å². The predicted molar refractivity (Wildman–Crippen MR) is 105 cm³/mol. The molecular formula is C22H30N2O3. The summed E-state index contributed by atoms with van der Waals surface area (Å²) in [5.41, 5.74) is 1.65. The Morgan fingerprint density at radius 3 is 2.63 bits per heavy atom. The summed E-state index contributed by atoms with van der Waals surface area (Å²) in [5.74, 6) is 0.495. The highest BCUT2D eigenvalue weighted by molar-refractivity contribution is 5.98. The maximum Gasteiger partial charge on any atom is 0.253 e. The van der Waals surface area contributed by atoms with E-state index in [1.54, 1.807) is 12.1 Å². The van der Waals surface area contributed by atoms with Gasteiger partial charge in [0.15, 0.2) is 0 Å². The van der Waals surface area contributed by atoms with Crippen LogP contribution in [0.2, 0.25) is 0 Å². The van der Waals surface area contributed by atoms with Crippen molar-refractivity contribution in [2.24, 2.45) is 16.7 Å². The standard InChI is InChI=1S/C22H30N2O3/c1-21(2)15-9-10-22(21,3)18(13-15)24-19(25)14-6-4-7-16(12-14)23-20(26)17-8-5-11-27-17/h4,6-7,12,15,17-18H,5,8-11,13H2,1-3H3,(H,23,26)(H,24,25). The molecule has 27 heavy (non-hydrogen) atoms. The van der Waals surface area contributed by atoms with Crippen molar-refractivity contribution in [3.63, 3.8) is 0 Å². The van der Waals surface area contributed by atoms with Crippen LogP contribution in [0.15, 0.2) is 24.3 Å². The van der Waals surface area contributed by atoms with Crippen LogP contribution < -0.4 is 10.6 Å². The van der Waals surface area contributed by atoms with Gasteiger partial charge in [-0.2, -0.15) is 0 Å². The number of fused-ring (bicyclic) bond motifs is 2. The minimum Gasteiger partial charge on any atom is -0.368 e. The second kappa shape index (κ2) is 6.62. The summed E-state index contributed by atoms with van der Waals surface area (Å²) in [6.45, 7) is 7.65. The number of carbonyl (C=O) groups excluding carboxylic acids is 2. The molecule has 1 aromatic carbocycles. The van der Waals surface area contributed by atoms with Crippen molar-refractivity contribution in [1.29, 1.82) is 0 Å². The van der Waals surface area contributed by atoms with Crippen LogP contribution in [0.3, 0.4) is 0 Å². The molecule has 1 saturated heterocycles. The first kappa shape index (κ1) is 18.5. The van der Waals surface area contributed by atoms with Gasteiger partial charge < -0.3 is 15.4 Å². The fourth-order valence-corrected chi connectivity index (χ4v) is 5.41. The number of hydrogen-bond donors (Lipinski definition) is 2. The molecule has 2 aliphatic carbocycles. The first-order chi connectivity index (χ1) is 12.8. The number of amides is 2. The van der Waals surface area contributed by atoms with E-state index in [0.29, 0.717) is 23.8 Å². The lowest BCUT2D eigenvalue weighted by atomic mass is 9.69. The van der Waals surface area contributed by atoms with Crippen molar-refractivity contribution < 1.29 is 14.3 Å². The average Bonchev–Trinajstić information content (AvgIpc) is 3.29. The second-order valence-electron chi connectivity index (χ2n) is 9.21. The van der Waals surface area contributed by atoms with E-state index >= 15 is 0 Å². The van der Waals surface area contributed by atoms with Crippen molar-refractivity contribution >= 4 is 17.5 Å². The van der Waals surface area contributed by atoms with E-state index < -0.39 is 0 Å². The molecule has 5 nitrogen and oxygen atoms in total. The molecule has 3 fully saturated rings. The first-order valence-electron chi connectivity index (χ1n) is 10.1. The summed E-state index contributed by atoms with van der Waals surface area (Å²) in [5, 5.41) is 6.16. The number of nitrogens with one attached hydrogen (secondary N) is 2. The lowest BCUT2D eigenvalue weighted by Gasteiger charge is -2.39. The Morgan fingerprint density at radius 1 is 1.19 bits per heavy atom. The highest BCUT2D eigenvalue weighted by atomic mass is 16.5. The van der Waals surface area contributed by atoms with Crippen LogP contribution in [0.4, 0.5) is 5.69 Å². The van der Waals surface area contributed by atoms with Gasteiger partial charge in [0.2, 0.25) is 0 Å². The zero-order valence-electron chi connectivity index (χ0n) is 16.5. The third-order valence-corrected chi connectivity index (χ3v) is 7.71. The molecule has 0 spiro atoms. The minimum absolute atomic E-state index is 0.0576. The van der Waals surface area contributed by atoms with Crippen molar-refractivity contribution in [2.45, 2.75) is 65.0 Å². The Hall–Kier alpha value is -1.88. The molecule has 4 rings (SSSR count). The molecule has 4 atom stereocenters. The molecule has 1 aromatic rings. The summed E-state index contributed by atoms with van der Waals surface area (Å²) in [7, 11) is 0. The smallest absolute Gasteiger partial charge is 0.253 e. The number of benzene rings is 1. The van der Waals surface area contributed by atoms with Gasteiger partial charge in [0.25, 0.3) is 11.8 Å². The molecule has 2 saturated carbocycles. The minimum atomic E-state index is -0.376. The van der Waals surface area contributed by atoms with Crippen LogP contribution in [0.1, 0.15) is 63.2 Å². The molecule has 0 radical (unpaired) electrons. The van der Waals surface area contributed by atoms with Crippen molar-refractivity contribution in [2.75, 3.05) is 11.9 Å². The van der Waals surface area contributed by atoms with Gasteiger partial charge in [-0.25, -0.2) is 0 Å². The number of anilines is 1. The maximum atomic E-state index is 12.9. The summed E-state index contributed by atoms with van der Waals surface area (Å²) >= 11 is 0. The second-order valence-corrected chi connectivity index (χ2v) is 9.21. The van der Waals surface area contributed by atoms with Gasteiger partial charge in [-0.05, 0) is 67.1 Å². The molecule has 1 aliphatic heterocycles. The van der Waals surface area contributed by atoms with E-state index in [0.717, 1.165) is 19.3 Å². The number of hydrogen-bond acceptors (Lipinski definition) is 3. The first-order valence-corrected chi connectivity index (χ1v) is 10.1. The van der Waals surface area contributed by atoms with Crippen molar-refractivity contribution in [3.05, 3.63) is 29.8 Å². The quantitative estimate of drug-likeness (QED) is 0.848. The van der Waals surface area contributed by atoms with Crippen LogP contribution in [0.5, 0.6) is 0 Å². The molecule has 146 valence electrons. The van der Waals surface area contributed by atoms with Gasteiger partial charge in [-0.1, -0.05) is 26.8 Å². The Labute approximate surface area is 161 Å². The number of ether oxygens (including phenoxy) is 1. The van der Waals surface area contributed by atoms with Crippen molar-refractivity contribution in [3.8, 4) is 0 Å². The molecule has 0 aromatic heterocycles. The van der Waals surface area contributed by atoms with E-state index in [9.17, 15) is 9.59 Å². The van der Waals surface area contributed by atoms with E-state index in [2.05, 4.69) is 31.4 Å². The number of carbonyl (C=O) groups is 2. The Morgan fingerprint density at radius 2 is 2.00 bits per heavy atom. The monoisotopic (exact) mass is 370 g/mol. The Balaban J connectivity index is 1.43. The highest BCUT2D eigenvalue weighted by Gasteiger charge is 2.61. The largest absolute Gasteiger partial charge is 0.368 e. The van der Waals surface area contributed by atoms with E-state index in [-0.39, 0.29) is 34.8 Å². The van der Waals surface area contributed by atoms with Crippen LogP contribution >= 0.6 is 0 Å². The number of rotatable bonds is 4. The van der Waals surface area contributed by atoms with E-state index in [1.807, 2.05) is 12.1 Å². The third kappa shape index (κ3) is 3.06. The summed E-state index contributed by atoms with van der Waals surface area (Å²) in [4.78, 5) is 25.1.